The molecule has 2 unspecified atom stereocenters. The van der Waals surface area contributed by atoms with Crippen molar-refractivity contribution in [2.75, 3.05) is 13.2 Å². The smallest absolute Gasteiger partial charge is 0.150 e. The Hall–Kier alpha value is -1.65. The molecule has 1 fully saturated rings. The second-order valence-corrected chi connectivity index (χ2v) is 5.44. The highest BCUT2D eigenvalue weighted by molar-refractivity contribution is 5.28. The first-order valence-electron chi connectivity index (χ1n) is 7.05. The number of morpholine rings is 1. The summed E-state index contributed by atoms with van der Waals surface area (Å²) in [5.74, 6) is 0.905. The van der Waals surface area contributed by atoms with Crippen LogP contribution in [0.5, 0.6) is 0 Å². The highest BCUT2D eigenvalue weighted by Crippen LogP contribution is 2.27. The molecular formula is C16H20N2O2. The van der Waals surface area contributed by atoms with Gasteiger partial charge >= 0.3 is 0 Å². The van der Waals surface area contributed by atoms with Crippen LogP contribution in [-0.4, -0.2) is 29.3 Å². The van der Waals surface area contributed by atoms with Crippen molar-refractivity contribution in [1.82, 2.24) is 10.1 Å². The number of ether oxygens (including phenoxy) is 1. The molecule has 4 nitrogen and oxygen atoms in total. The lowest BCUT2D eigenvalue weighted by molar-refractivity contribution is -0.0657. The van der Waals surface area contributed by atoms with Gasteiger partial charge in [0.2, 0.25) is 0 Å². The Labute approximate surface area is 119 Å². The summed E-state index contributed by atoms with van der Waals surface area (Å²) >= 11 is 0. The van der Waals surface area contributed by atoms with Gasteiger partial charge in [-0.15, -0.1) is 0 Å². The molecule has 1 aromatic carbocycles. The summed E-state index contributed by atoms with van der Waals surface area (Å²) in [6.07, 6.45) is 1.83. The van der Waals surface area contributed by atoms with Gasteiger partial charge in [-0.25, -0.2) is 0 Å². The monoisotopic (exact) mass is 272 g/mol. The van der Waals surface area contributed by atoms with Gasteiger partial charge in [0, 0.05) is 18.7 Å². The molecule has 2 heterocycles. The van der Waals surface area contributed by atoms with Crippen molar-refractivity contribution in [3.8, 4) is 0 Å². The third-order valence-electron chi connectivity index (χ3n) is 3.95. The summed E-state index contributed by atoms with van der Waals surface area (Å²) < 4.78 is 11.2. The maximum Gasteiger partial charge on any atom is 0.150 e. The van der Waals surface area contributed by atoms with Crippen LogP contribution in [0.2, 0.25) is 0 Å². The molecule has 4 heteroatoms. The van der Waals surface area contributed by atoms with Crippen LogP contribution in [0.3, 0.4) is 0 Å². The fraction of sp³-hybridized carbons (Fsp3) is 0.438. The van der Waals surface area contributed by atoms with Crippen molar-refractivity contribution in [1.29, 1.82) is 0 Å². The first-order valence-corrected chi connectivity index (χ1v) is 7.05. The molecule has 2 atom stereocenters. The fourth-order valence-electron chi connectivity index (χ4n) is 2.69. The summed E-state index contributed by atoms with van der Waals surface area (Å²) in [7, 11) is 0. The lowest BCUT2D eigenvalue weighted by Gasteiger charge is -2.38. The lowest BCUT2D eigenvalue weighted by Crippen LogP contribution is -2.44. The minimum absolute atomic E-state index is 0.135. The van der Waals surface area contributed by atoms with Gasteiger partial charge < -0.3 is 9.26 Å². The van der Waals surface area contributed by atoms with E-state index in [0.717, 1.165) is 25.5 Å². The Morgan fingerprint density at radius 3 is 2.90 bits per heavy atom. The summed E-state index contributed by atoms with van der Waals surface area (Å²) in [6.45, 7) is 6.73. The number of aromatic nitrogens is 1. The van der Waals surface area contributed by atoms with Crippen molar-refractivity contribution in [2.24, 2.45) is 0 Å². The van der Waals surface area contributed by atoms with E-state index in [1.54, 1.807) is 6.20 Å². The summed E-state index contributed by atoms with van der Waals surface area (Å²) in [4.78, 5) is 2.39. The predicted octanol–water partition coefficient (Wildman–Crippen LogP) is 2.95. The number of nitrogens with zero attached hydrogens (tertiary/aromatic N) is 2. The van der Waals surface area contributed by atoms with E-state index in [1.807, 2.05) is 6.07 Å². The van der Waals surface area contributed by atoms with Gasteiger partial charge in [0.1, 0.15) is 0 Å². The third-order valence-corrected chi connectivity index (χ3v) is 3.95. The minimum atomic E-state index is 0.135. The molecule has 2 aromatic rings. The number of hydrogen-bond acceptors (Lipinski definition) is 4. The first-order chi connectivity index (χ1) is 9.74. The second-order valence-electron chi connectivity index (χ2n) is 5.44. The van der Waals surface area contributed by atoms with Crippen molar-refractivity contribution >= 4 is 0 Å². The van der Waals surface area contributed by atoms with Gasteiger partial charge in [-0.1, -0.05) is 29.4 Å². The van der Waals surface area contributed by atoms with Crippen molar-refractivity contribution < 1.29 is 9.26 Å². The molecule has 20 heavy (non-hydrogen) atoms. The number of benzene rings is 1. The third kappa shape index (κ3) is 2.76. The molecule has 1 aliphatic rings. The quantitative estimate of drug-likeness (QED) is 0.861. The normalized spacial score (nSPS) is 23.9. The zero-order valence-electron chi connectivity index (χ0n) is 12.0. The van der Waals surface area contributed by atoms with Crippen LogP contribution >= 0.6 is 0 Å². The summed E-state index contributed by atoms with van der Waals surface area (Å²) in [5, 5.41) is 3.77. The first kappa shape index (κ1) is 13.3. The van der Waals surface area contributed by atoms with Crippen LogP contribution in [-0.2, 0) is 11.3 Å². The maximum atomic E-state index is 6.02. The molecule has 1 saturated heterocycles. The maximum absolute atomic E-state index is 6.02. The SMILES string of the molecule is Cc1ccccc1C1CN(Cc2ccno2)C(C)CO1. The molecule has 0 bridgehead atoms. The van der Waals surface area contributed by atoms with E-state index in [-0.39, 0.29) is 6.10 Å². The Kier molecular flexibility index (Phi) is 3.85. The van der Waals surface area contributed by atoms with Gasteiger partial charge in [0.15, 0.2) is 5.76 Å². The number of hydrogen-bond donors (Lipinski definition) is 0. The molecule has 0 aliphatic carbocycles. The highest BCUT2D eigenvalue weighted by atomic mass is 16.5. The molecule has 0 spiro atoms. The minimum Gasteiger partial charge on any atom is -0.371 e. The standard InChI is InChI=1S/C16H20N2O2/c1-12-5-3-4-6-15(12)16-10-18(13(2)11-19-16)9-14-7-8-17-20-14/h3-8,13,16H,9-11H2,1-2H3. The fourth-order valence-corrected chi connectivity index (χ4v) is 2.69. The van der Waals surface area contributed by atoms with Gasteiger partial charge in [0.25, 0.3) is 0 Å². The van der Waals surface area contributed by atoms with Gasteiger partial charge in [0.05, 0.1) is 25.5 Å². The van der Waals surface area contributed by atoms with Crippen LogP contribution < -0.4 is 0 Å². The average Bonchev–Trinajstić information content (AvgIpc) is 2.95. The van der Waals surface area contributed by atoms with E-state index in [1.165, 1.54) is 11.1 Å². The highest BCUT2D eigenvalue weighted by Gasteiger charge is 2.28. The van der Waals surface area contributed by atoms with Crippen LogP contribution in [0.25, 0.3) is 0 Å². The van der Waals surface area contributed by atoms with E-state index >= 15 is 0 Å². The van der Waals surface area contributed by atoms with Crippen LogP contribution in [0, 0.1) is 6.92 Å². The van der Waals surface area contributed by atoms with Crippen LogP contribution in [0.15, 0.2) is 41.1 Å². The number of aryl methyl sites for hydroxylation is 1. The second kappa shape index (κ2) is 5.77. The van der Waals surface area contributed by atoms with Crippen molar-refractivity contribution in [2.45, 2.75) is 32.5 Å². The van der Waals surface area contributed by atoms with Gasteiger partial charge in [-0.05, 0) is 25.0 Å². The molecule has 0 saturated carbocycles. The Morgan fingerprint density at radius 1 is 1.30 bits per heavy atom. The largest absolute Gasteiger partial charge is 0.371 e. The Morgan fingerprint density at radius 2 is 2.15 bits per heavy atom. The van der Waals surface area contributed by atoms with Gasteiger partial charge in [-0.3, -0.25) is 4.90 Å². The van der Waals surface area contributed by atoms with E-state index in [2.05, 4.69) is 48.2 Å². The van der Waals surface area contributed by atoms with E-state index in [4.69, 9.17) is 9.26 Å². The van der Waals surface area contributed by atoms with E-state index in [0.29, 0.717) is 6.04 Å². The van der Waals surface area contributed by atoms with Crippen LogP contribution in [0.4, 0.5) is 0 Å². The van der Waals surface area contributed by atoms with Gasteiger partial charge in [-0.2, -0.15) is 0 Å². The average molecular weight is 272 g/mol. The zero-order chi connectivity index (χ0) is 13.9. The molecule has 1 aliphatic heterocycles. The van der Waals surface area contributed by atoms with Crippen LogP contribution in [0.1, 0.15) is 29.9 Å². The van der Waals surface area contributed by atoms with E-state index < -0.39 is 0 Å². The zero-order valence-corrected chi connectivity index (χ0v) is 12.0. The topological polar surface area (TPSA) is 38.5 Å². The molecule has 3 rings (SSSR count). The Balaban J connectivity index is 1.74. The summed E-state index contributed by atoms with van der Waals surface area (Å²) in [5.41, 5.74) is 2.56. The Bertz CT molecular complexity index is 553. The molecule has 0 radical (unpaired) electrons. The summed E-state index contributed by atoms with van der Waals surface area (Å²) in [6, 6.07) is 10.7. The van der Waals surface area contributed by atoms with Crippen molar-refractivity contribution in [3.05, 3.63) is 53.4 Å². The predicted molar refractivity (Wildman–Crippen MR) is 76.2 cm³/mol. The molecule has 0 N–H and O–H groups in total. The molecule has 0 amide bonds. The lowest BCUT2D eigenvalue weighted by atomic mass is 10.0. The molecule has 1 aromatic heterocycles. The van der Waals surface area contributed by atoms with E-state index in [9.17, 15) is 0 Å². The van der Waals surface area contributed by atoms with Crippen molar-refractivity contribution in [3.63, 3.8) is 0 Å². The molecular weight excluding hydrogens is 252 g/mol. The number of rotatable bonds is 3. The molecule has 106 valence electrons.